The number of nitrogens with zero attached hydrogens (tertiary/aromatic N) is 3. The van der Waals surface area contributed by atoms with Crippen LogP contribution in [0.4, 0.5) is 13.2 Å². The number of para-hydroxylation sites is 1. The quantitative estimate of drug-likeness (QED) is 0.249. The van der Waals surface area contributed by atoms with Crippen LogP contribution >= 0.6 is 0 Å². The third kappa shape index (κ3) is 4.26. The molecule has 0 amide bonds. The third-order valence-electron chi connectivity index (χ3n) is 6.24. The lowest BCUT2D eigenvalue weighted by Crippen LogP contribution is -2.21. The zero-order chi connectivity index (χ0) is 26.3. The summed E-state index contributed by atoms with van der Waals surface area (Å²) < 4.78 is 45.6. The summed E-state index contributed by atoms with van der Waals surface area (Å²) in [6, 6.07) is 30.3. The van der Waals surface area contributed by atoms with Gasteiger partial charge in [-0.2, -0.15) is 13.2 Å². The molecule has 4 aromatic carbocycles. The Morgan fingerprint density at radius 2 is 1.37 bits per heavy atom. The molecule has 5 nitrogen and oxygen atoms in total. The van der Waals surface area contributed by atoms with E-state index in [1.807, 2.05) is 42.5 Å². The minimum Gasteiger partial charge on any atom is -0.356 e. The van der Waals surface area contributed by atoms with E-state index in [-0.39, 0.29) is 5.56 Å². The first-order chi connectivity index (χ1) is 18.4. The van der Waals surface area contributed by atoms with Crippen LogP contribution in [-0.2, 0) is 6.18 Å². The summed E-state index contributed by atoms with van der Waals surface area (Å²) in [5, 5.41) is 4.59. The lowest BCUT2D eigenvalue weighted by Gasteiger charge is -2.14. The summed E-state index contributed by atoms with van der Waals surface area (Å²) in [5.74, 6) is 0.868. The number of alkyl halides is 3. The Morgan fingerprint density at radius 1 is 0.711 bits per heavy atom. The SMILES string of the molecule is O=c1c2ccccc2nc(-c2ccccc2)n1-c1ccc(-c2cc(-c3ccc(C(F)(F)F)cc3)on2)cc1. The predicted octanol–water partition coefficient (Wildman–Crippen LogP) is 7.39. The maximum atomic E-state index is 13.5. The highest BCUT2D eigenvalue weighted by Crippen LogP contribution is 2.32. The second-order valence-electron chi connectivity index (χ2n) is 8.66. The van der Waals surface area contributed by atoms with Gasteiger partial charge in [-0.15, -0.1) is 0 Å². The fourth-order valence-electron chi connectivity index (χ4n) is 4.31. The molecule has 0 aliphatic carbocycles. The molecule has 0 fully saturated rings. The van der Waals surface area contributed by atoms with Crippen LogP contribution in [0.5, 0.6) is 0 Å². The standard InChI is InChI=1S/C30H18F3N3O2/c31-30(32,33)22-14-10-20(11-15-22)27-18-26(35-38-27)19-12-16-23(17-13-19)36-28(21-6-2-1-3-7-21)34-25-9-5-4-8-24(25)29(36)37/h1-18H. The van der Waals surface area contributed by atoms with Crippen molar-refractivity contribution in [3.63, 3.8) is 0 Å². The van der Waals surface area contributed by atoms with Gasteiger partial charge in [0.15, 0.2) is 5.76 Å². The van der Waals surface area contributed by atoms with E-state index in [0.29, 0.717) is 39.4 Å². The first-order valence-corrected chi connectivity index (χ1v) is 11.7. The van der Waals surface area contributed by atoms with Gasteiger partial charge in [-0.05, 0) is 36.4 Å². The van der Waals surface area contributed by atoms with Crippen molar-refractivity contribution in [2.45, 2.75) is 6.18 Å². The van der Waals surface area contributed by atoms with Gasteiger partial charge in [-0.25, -0.2) is 4.98 Å². The molecule has 6 rings (SSSR count). The van der Waals surface area contributed by atoms with Gasteiger partial charge < -0.3 is 4.52 Å². The van der Waals surface area contributed by atoms with Crippen molar-refractivity contribution in [1.29, 1.82) is 0 Å². The zero-order valence-corrected chi connectivity index (χ0v) is 19.7. The second kappa shape index (κ2) is 9.15. The van der Waals surface area contributed by atoms with Crippen molar-refractivity contribution >= 4 is 10.9 Å². The molecular weight excluding hydrogens is 491 g/mol. The molecule has 0 radical (unpaired) electrons. The highest BCUT2D eigenvalue weighted by atomic mass is 19.4. The Labute approximate surface area is 214 Å². The molecule has 0 spiro atoms. The van der Waals surface area contributed by atoms with Gasteiger partial charge in [0, 0.05) is 22.8 Å². The molecule has 0 N–H and O–H groups in total. The number of hydrogen-bond donors (Lipinski definition) is 0. The lowest BCUT2D eigenvalue weighted by molar-refractivity contribution is -0.137. The molecule has 6 aromatic rings. The van der Waals surface area contributed by atoms with Crippen LogP contribution in [0.1, 0.15) is 5.56 Å². The monoisotopic (exact) mass is 509 g/mol. The molecule has 2 aromatic heterocycles. The van der Waals surface area contributed by atoms with E-state index in [1.165, 1.54) is 12.1 Å². The maximum Gasteiger partial charge on any atom is 0.416 e. The number of hydrogen-bond acceptors (Lipinski definition) is 4. The van der Waals surface area contributed by atoms with Gasteiger partial charge in [-0.1, -0.05) is 71.9 Å². The van der Waals surface area contributed by atoms with Crippen molar-refractivity contribution in [2.24, 2.45) is 0 Å². The number of aromatic nitrogens is 3. The molecule has 186 valence electrons. The van der Waals surface area contributed by atoms with Crippen LogP contribution in [0.2, 0.25) is 0 Å². The van der Waals surface area contributed by atoms with Gasteiger partial charge in [-0.3, -0.25) is 9.36 Å². The van der Waals surface area contributed by atoms with E-state index in [0.717, 1.165) is 23.3 Å². The molecule has 38 heavy (non-hydrogen) atoms. The number of halogens is 3. The van der Waals surface area contributed by atoms with Crippen LogP contribution in [-0.4, -0.2) is 14.7 Å². The minimum absolute atomic E-state index is 0.187. The van der Waals surface area contributed by atoms with Gasteiger partial charge >= 0.3 is 6.18 Å². The Bertz CT molecular complexity index is 1810. The van der Waals surface area contributed by atoms with Crippen molar-refractivity contribution in [3.05, 3.63) is 125 Å². The maximum absolute atomic E-state index is 13.5. The van der Waals surface area contributed by atoms with Crippen LogP contribution in [0.25, 0.3) is 50.6 Å². The molecular formula is C30H18F3N3O2. The van der Waals surface area contributed by atoms with Crippen LogP contribution < -0.4 is 5.56 Å². The molecule has 2 heterocycles. The molecule has 0 atom stereocenters. The van der Waals surface area contributed by atoms with Crippen LogP contribution in [0.3, 0.4) is 0 Å². The van der Waals surface area contributed by atoms with Crippen LogP contribution in [0.15, 0.2) is 119 Å². The van der Waals surface area contributed by atoms with E-state index in [4.69, 9.17) is 9.51 Å². The summed E-state index contributed by atoms with van der Waals surface area (Å²) in [7, 11) is 0. The Hall–Kier alpha value is -4.98. The van der Waals surface area contributed by atoms with E-state index in [2.05, 4.69) is 5.16 Å². The number of benzene rings is 4. The number of rotatable bonds is 4. The van der Waals surface area contributed by atoms with Crippen molar-refractivity contribution in [2.75, 3.05) is 0 Å². The Balaban J connectivity index is 1.37. The smallest absolute Gasteiger partial charge is 0.356 e. The molecule has 0 bridgehead atoms. The van der Waals surface area contributed by atoms with Crippen LogP contribution in [0, 0.1) is 0 Å². The molecule has 0 saturated carbocycles. The van der Waals surface area contributed by atoms with Gasteiger partial charge in [0.25, 0.3) is 5.56 Å². The van der Waals surface area contributed by atoms with Gasteiger partial charge in [0.05, 0.1) is 22.2 Å². The van der Waals surface area contributed by atoms with E-state index < -0.39 is 11.7 Å². The van der Waals surface area contributed by atoms with Crippen molar-refractivity contribution < 1.29 is 17.7 Å². The average Bonchev–Trinajstić information content (AvgIpc) is 3.44. The largest absolute Gasteiger partial charge is 0.416 e. The zero-order valence-electron chi connectivity index (χ0n) is 19.7. The van der Waals surface area contributed by atoms with Gasteiger partial charge in [0.2, 0.25) is 0 Å². The van der Waals surface area contributed by atoms with Crippen molar-refractivity contribution in [3.8, 4) is 39.7 Å². The van der Waals surface area contributed by atoms with Gasteiger partial charge in [0.1, 0.15) is 11.5 Å². The van der Waals surface area contributed by atoms with E-state index >= 15 is 0 Å². The first-order valence-electron chi connectivity index (χ1n) is 11.7. The first kappa shape index (κ1) is 23.4. The second-order valence-corrected chi connectivity index (χ2v) is 8.66. The highest BCUT2D eigenvalue weighted by Gasteiger charge is 2.30. The molecule has 0 saturated heterocycles. The minimum atomic E-state index is -4.41. The average molecular weight is 509 g/mol. The summed E-state index contributed by atoms with van der Waals surface area (Å²) >= 11 is 0. The third-order valence-corrected chi connectivity index (χ3v) is 6.24. The fraction of sp³-hybridized carbons (Fsp3) is 0.0333. The molecule has 0 aliphatic rings. The fourth-order valence-corrected chi connectivity index (χ4v) is 4.31. The Morgan fingerprint density at radius 3 is 2.08 bits per heavy atom. The van der Waals surface area contributed by atoms with E-state index in [9.17, 15) is 18.0 Å². The summed E-state index contributed by atoms with van der Waals surface area (Å²) in [5.41, 5.74) is 2.84. The topological polar surface area (TPSA) is 60.9 Å². The summed E-state index contributed by atoms with van der Waals surface area (Å²) in [6.07, 6.45) is -4.41. The van der Waals surface area contributed by atoms with Crippen molar-refractivity contribution in [1.82, 2.24) is 14.7 Å². The predicted molar refractivity (Wildman–Crippen MR) is 139 cm³/mol. The highest BCUT2D eigenvalue weighted by molar-refractivity contribution is 5.80. The Kier molecular flexibility index (Phi) is 5.64. The molecule has 0 aliphatic heterocycles. The lowest BCUT2D eigenvalue weighted by atomic mass is 10.1. The molecule has 8 heteroatoms. The summed E-state index contributed by atoms with van der Waals surface area (Å²) in [4.78, 5) is 18.3. The van der Waals surface area contributed by atoms with E-state index in [1.54, 1.807) is 47.0 Å². The number of fused-ring (bicyclic) bond motifs is 1. The summed E-state index contributed by atoms with van der Waals surface area (Å²) in [6.45, 7) is 0. The normalized spacial score (nSPS) is 11.7. The molecule has 0 unspecified atom stereocenters.